The Kier molecular flexibility index (Phi) is 5.48. The van der Waals surface area contributed by atoms with Gasteiger partial charge in [0.05, 0.1) is 0 Å². The molecular weight excluding hydrogens is 158 g/mol. The molecule has 2 heteroatoms. The Hall–Kier alpha value is 0.258. The van der Waals surface area contributed by atoms with Gasteiger partial charge in [-0.15, -0.1) is 0 Å². The molecule has 0 saturated heterocycles. The predicted molar refractivity (Wildman–Crippen MR) is 24.3 cm³/mol. The third-order valence-electron chi connectivity index (χ3n) is 0.346. The first kappa shape index (κ1) is 6.26. The molecule has 0 rings (SSSR count). The van der Waals surface area contributed by atoms with E-state index in [1.54, 1.807) is 0 Å². The average Bonchev–Trinajstić information content (AvgIpc) is 1.61. The zero-order chi connectivity index (χ0) is 4.83. The Morgan fingerprint density at radius 2 is 2.50 bits per heavy atom. The summed E-state index contributed by atoms with van der Waals surface area (Å²) >= 11 is 1.89. The van der Waals surface area contributed by atoms with Gasteiger partial charge in [-0.25, -0.2) is 0 Å². The summed E-state index contributed by atoms with van der Waals surface area (Å²) in [5, 5.41) is 2.96. The molecule has 0 radical (unpaired) electrons. The molecule has 0 atom stereocenters. The molecule has 0 amide bonds. The zero-order valence-electron chi connectivity index (χ0n) is 3.48. The van der Waals surface area contributed by atoms with Crippen LogP contribution in [0, 0.1) is 0 Å². The second-order valence-electron chi connectivity index (χ2n) is 0.815. The van der Waals surface area contributed by atoms with Crippen LogP contribution in [0.25, 0.3) is 0 Å². The van der Waals surface area contributed by atoms with Crippen LogP contribution < -0.4 is 5.32 Å². The van der Waals surface area contributed by atoms with Crippen LogP contribution >= 0.6 is 0 Å². The van der Waals surface area contributed by atoms with Crippen molar-refractivity contribution in [3.63, 3.8) is 0 Å². The van der Waals surface area contributed by atoms with E-state index in [1.807, 2.05) is 30.0 Å². The van der Waals surface area contributed by atoms with Gasteiger partial charge in [-0.05, 0) is 0 Å². The van der Waals surface area contributed by atoms with E-state index in [2.05, 4.69) is 11.9 Å². The predicted octanol–water partition coefficient (Wildman–Crippen LogP) is 0.0685. The van der Waals surface area contributed by atoms with Crippen LogP contribution in [0.5, 0.6) is 0 Å². The van der Waals surface area contributed by atoms with Gasteiger partial charge in [-0.3, -0.25) is 0 Å². The van der Waals surface area contributed by atoms with Crippen molar-refractivity contribution in [2.75, 3.05) is 6.54 Å². The molecule has 0 aromatic carbocycles. The normalized spacial score (nSPS) is 7.33. The van der Waals surface area contributed by atoms with E-state index in [-0.39, 0.29) is 0 Å². The van der Waals surface area contributed by atoms with Crippen molar-refractivity contribution in [1.29, 1.82) is 0 Å². The van der Waals surface area contributed by atoms with Crippen molar-refractivity contribution in [3.05, 3.63) is 12.7 Å². The van der Waals surface area contributed by atoms with Crippen molar-refractivity contribution in [3.8, 4) is 0 Å². The summed E-state index contributed by atoms with van der Waals surface area (Å²) in [4.78, 5) is 0. The molecule has 0 aromatic rings. The minimum absolute atomic E-state index is 0.874. The van der Waals surface area contributed by atoms with Crippen molar-refractivity contribution in [2.24, 2.45) is 0 Å². The molecule has 6 heavy (non-hydrogen) atoms. The fourth-order valence-electron chi connectivity index (χ4n) is 0.131. The fourth-order valence-corrected chi connectivity index (χ4v) is 0.368. The molecule has 0 unspecified atom stereocenters. The Balaban J connectivity index is 2.66. The van der Waals surface area contributed by atoms with E-state index in [1.165, 1.54) is 0 Å². The van der Waals surface area contributed by atoms with E-state index in [0.29, 0.717) is 0 Å². The van der Waals surface area contributed by atoms with E-state index in [9.17, 15) is 0 Å². The van der Waals surface area contributed by atoms with Gasteiger partial charge in [0.25, 0.3) is 0 Å². The third-order valence-corrected chi connectivity index (χ3v) is 0.755. The van der Waals surface area contributed by atoms with Crippen molar-refractivity contribution >= 4 is 4.52 Å². The molecule has 34 valence electrons. The second-order valence-corrected chi connectivity index (χ2v) is 1.39. The van der Waals surface area contributed by atoms with Crippen LogP contribution in [-0.4, -0.2) is 11.1 Å². The monoisotopic (exact) mass is 167 g/mol. The van der Waals surface area contributed by atoms with Gasteiger partial charge in [0.2, 0.25) is 0 Å². The summed E-state index contributed by atoms with van der Waals surface area (Å²) in [6, 6.07) is 0. The van der Waals surface area contributed by atoms with Crippen LogP contribution in [0.4, 0.5) is 0 Å². The number of hydrogen-bond donors (Lipinski definition) is 1. The molecule has 0 saturated carbocycles. The summed E-state index contributed by atoms with van der Waals surface area (Å²) < 4.78 is 1.90. The van der Waals surface area contributed by atoms with Crippen LogP contribution in [0.15, 0.2) is 12.7 Å². The maximum absolute atomic E-state index is 3.52. The van der Waals surface area contributed by atoms with Crippen LogP contribution in [0.3, 0.4) is 0 Å². The zero-order valence-corrected chi connectivity index (χ0v) is 5.48. The summed E-state index contributed by atoms with van der Waals surface area (Å²) in [6.07, 6.45) is 1.82. The summed E-state index contributed by atoms with van der Waals surface area (Å²) in [7, 11) is 0. The quantitative estimate of drug-likeness (QED) is 0.354. The molecule has 0 aromatic heterocycles. The summed E-state index contributed by atoms with van der Waals surface area (Å²) in [5.41, 5.74) is 0. The molecule has 1 N–H and O–H groups in total. The van der Waals surface area contributed by atoms with Gasteiger partial charge in [0, 0.05) is 0 Å². The molecular formula is C4H7MoN. The van der Waals surface area contributed by atoms with Crippen molar-refractivity contribution in [1.82, 2.24) is 5.32 Å². The first-order valence-corrected chi connectivity index (χ1v) is 2.85. The van der Waals surface area contributed by atoms with E-state index >= 15 is 0 Å². The van der Waals surface area contributed by atoms with E-state index in [0.717, 1.165) is 6.54 Å². The molecule has 1 nitrogen and oxygen atoms in total. The van der Waals surface area contributed by atoms with E-state index in [4.69, 9.17) is 0 Å². The standard InChI is InChI=1S/C4H7N.Mo/c1-3-4-5-2;/h2-3,5H,1,4H2;. The molecule has 0 aliphatic heterocycles. The first-order chi connectivity index (χ1) is 2.91. The number of nitrogens with one attached hydrogen (secondary N) is 1. The fraction of sp³-hybridized carbons (Fsp3) is 0.250. The van der Waals surface area contributed by atoms with Gasteiger partial charge in [-0.1, -0.05) is 0 Å². The molecule has 0 fully saturated rings. The molecule has 0 aliphatic rings. The SMILES string of the molecule is C=CCN[CH]=[Mo]. The summed E-state index contributed by atoms with van der Waals surface area (Å²) in [6.45, 7) is 4.39. The maximum atomic E-state index is 3.52. The molecule has 0 heterocycles. The molecule has 0 aliphatic carbocycles. The topological polar surface area (TPSA) is 12.0 Å². The summed E-state index contributed by atoms with van der Waals surface area (Å²) in [5.74, 6) is 0. The van der Waals surface area contributed by atoms with Crippen LogP contribution in [0.2, 0.25) is 0 Å². The van der Waals surface area contributed by atoms with Crippen molar-refractivity contribution < 1.29 is 19.4 Å². The Morgan fingerprint density at radius 3 is 2.67 bits per heavy atom. The molecule has 0 bridgehead atoms. The van der Waals surface area contributed by atoms with Gasteiger partial charge in [0.15, 0.2) is 0 Å². The van der Waals surface area contributed by atoms with Crippen LogP contribution in [-0.2, 0) is 19.4 Å². The first-order valence-electron chi connectivity index (χ1n) is 1.69. The van der Waals surface area contributed by atoms with Crippen molar-refractivity contribution in [2.45, 2.75) is 0 Å². The van der Waals surface area contributed by atoms with Gasteiger partial charge in [0.1, 0.15) is 0 Å². The Bertz CT molecular complexity index is 43.5. The Morgan fingerprint density at radius 1 is 1.83 bits per heavy atom. The number of hydrogen-bond acceptors (Lipinski definition) is 1. The van der Waals surface area contributed by atoms with E-state index < -0.39 is 0 Å². The second kappa shape index (κ2) is 5.26. The van der Waals surface area contributed by atoms with Gasteiger partial charge >= 0.3 is 48.4 Å². The van der Waals surface area contributed by atoms with Gasteiger partial charge in [-0.2, -0.15) is 0 Å². The average molecular weight is 165 g/mol. The Labute approximate surface area is 48.8 Å². The van der Waals surface area contributed by atoms with Gasteiger partial charge < -0.3 is 0 Å². The third kappa shape index (κ3) is 4.26. The van der Waals surface area contributed by atoms with Crippen LogP contribution in [0.1, 0.15) is 0 Å². The minimum atomic E-state index is 0.874. The number of rotatable bonds is 3. The molecule has 0 spiro atoms.